The van der Waals surface area contributed by atoms with Crippen LogP contribution in [0.3, 0.4) is 0 Å². The van der Waals surface area contributed by atoms with Crippen LogP contribution in [0.4, 0.5) is 0 Å². The SMILES string of the molecule is Cc1c(C)c(C)c(COc2ccc(I)cc2)c(C)c1C. The van der Waals surface area contributed by atoms with Crippen molar-refractivity contribution in [1.29, 1.82) is 0 Å². The van der Waals surface area contributed by atoms with Crippen LogP contribution in [0.5, 0.6) is 5.75 Å². The third-order valence-corrected chi connectivity index (χ3v) is 5.07. The first-order valence-electron chi connectivity index (χ1n) is 6.86. The lowest BCUT2D eigenvalue weighted by Crippen LogP contribution is -2.06. The van der Waals surface area contributed by atoms with Crippen molar-refractivity contribution in [3.8, 4) is 5.75 Å². The molecule has 106 valence electrons. The third kappa shape index (κ3) is 3.00. The van der Waals surface area contributed by atoms with Crippen LogP contribution < -0.4 is 4.74 Å². The second kappa shape index (κ2) is 6.17. The van der Waals surface area contributed by atoms with Crippen LogP contribution in [0.2, 0.25) is 0 Å². The molecular weight excluding hydrogens is 359 g/mol. The number of rotatable bonds is 3. The van der Waals surface area contributed by atoms with Gasteiger partial charge in [-0.05, 0) is 115 Å². The van der Waals surface area contributed by atoms with E-state index in [2.05, 4.69) is 69.3 Å². The Morgan fingerprint density at radius 1 is 0.750 bits per heavy atom. The zero-order valence-electron chi connectivity index (χ0n) is 12.8. The largest absolute Gasteiger partial charge is 0.489 e. The highest BCUT2D eigenvalue weighted by atomic mass is 127. The molecule has 0 saturated carbocycles. The van der Waals surface area contributed by atoms with Crippen molar-refractivity contribution >= 4 is 22.6 Å². The predicted octanol–water partition coefficient (Wildman–Crippen LogP) is 5.41. The van der Waals surface area contributed by atoms with Crippen molar-refractivity contribution in [1.82, 2.24) is 0 Å². The van der Waals surface area contributed by atoms with E-state index in [-0.39, 0.29) is 0 Å². The summed E-state index contributed by atoms with van der Waals surface area (Å²) in [5, 5.41) is 0. The number of halogens is 1. The molecule has 0 heterocycles. The fourth-order valence-corrected chi connectivity index (χ4v) is 2.84. The van der Waals surface area contributed by atoms with E-state index in [1.807, 2.05) is 12.1 Å². The molecule has 0 saturated heterocycles. The maximum absolute atomic E-state index is 5.96. The number of hydrogen-bond donors (Lipinski definition) is 0. The zero-order chi connectivity index (χ0) is 14.9. The Bertz CT molecular complexity index is 598. The van der Waals surface area contributed by atoms with Gasteiger partial charge in [0.2, 0.25) is 0 Å². The van der Waals surface area contributed by atoms with Crippen molar-refractivity contribution in [2.75, 3.05) is 0 Å². The first-order chi connectivity index (χ1) is 9.41. The lowest BCUT2D eigenvalue weighted by Gasteiger charge is -2.19. The van der Waals surface area contributed by atoms with Gasteiger partial charge in [0.15, 0.2) is 0 Å². The van der Waals surface area contributed by atoms with Crippen molar-refractivity contribution in [3.05, 3.63) is 61.2 Å². The molecule has 2 rings (SSSR count). The maximum Gasteiger partial charge on any atom is 0.119 e. The van der Waals surface area contributed by atoms with Crippen molar-refractivity contribution in [3.63, 3.8) is 0 Å². The Kier molecular flexibility index (Phi) is 4.74. The van der Waals surface area contributed by atoms with E-state index in [4.69, 9.17) is 4.74 Å². The smallest absolute Gasteiger partial charge is 0.119 e. The fourth-order valence-electron chi connectivity index (χ4n) is 2.48. The normalized spacial score (nSPS) is 10.7. The lowest BCUT2D eigenvalue weighted by atomic mass is 9.90. The summed E-state index contributed by atoms with van der Waals surface area (Å²) < 4.78 is 7.18. The Morgan fingerprint density at radius 2 is 1.20 bits per heavy atom. The summed E-state index contributed by atoms with van der Waals surface area (Å²) in [7, 11) is 0. The maximum atomic E-state index is 5.96. The second-order valence-corrected chi connectivity index (χ2v) is 6.59. The molecule has 1 nitrogen and oxygen atoms in total. The molecule has 0 unspecified atom stereocenters. The minimum Gasteiger partial charge on any atom is -0.489 e. The lowest BCUT2D eigenvalue weighted by molar-refractivity contribution is 0.304. The van der Waals surface area contributed by atoms with Gasteiger partial charge in [-0.1, -0.05) is 0 Å². The number of ether oxygens (including phenoxy) is 1. The highest BCUT2D eigenvalue weighted by Gasteiger charge is 2.12. The summed E-state index contributed by atoms with van der Waals surface area (Å²) in [6, 6.07) is 8.20. The molecule has 20 heavy (non-hydrogen) atoms. The Hall–Kier alpha value is -1.03. The minimum absolute atomic E-state index is 0.639. The molecule has 2 aromatic rings. The summed E-state index contributed by atoms with van der Waals surface area (Å²) in [5.74, 6) is 0.931. The molecule has 0 bridgehead atoms. The van der Waals surface area contributed by atoms with Gasteiger partial charge in [0, 0.05) is 3.57 Å². The zero-order valence-corrected chi connectivity index (χ0v) is 15.0. The first kappa shape index (κ1) is 15.4. The van der Waals surface area contributed by atoms with Crippen LogP contribution in [-0.2, 0) is 6.61 Å². The summed E-state index contributed by atoms with van der Waals surface area (Å²) in [6.07, 6.45) is 0. The van der Waals surface area contributed by atoms with Gasteiger partial charge < -0.3 is 4.74 Å². The molecule has 0 radical (unpaired) electrons. The van der Waals surface area contributed by atoms with E-state index in [1.165, 1.54) is 37.0 Å². The quantitative estimate of drug-likeness (QED) is 0.647. The van der Waals surface area contributed by atoms with Crippen LogP contribution in [0, 0.1) is 38.2 Å². The average molecular weight is 380 g/mol. The van der Waals surface area contributed by atoms with E-state index in [1.54, 1.807) is 0 Å². The molecule has 0 aliphatic carbocycles. The standard InChI is InChI=1S/C18H21IO/c1-11-12(2)14(4)18(15(5)13(11)3)10-20-17-8-6-16(19)7-9-17/h6-9H,10H2,1-5H3. The second-order valence-electron chi connectivity index (χ2n) is 5.35. The molecule has 0 N–H and O–H groups in total. The van der Waals surface area contributed by atoms with E-state index in [0.29, 0.717) is 6.61 Å². The predicted molar refractivity (Wildman–Crippen MR) is 93.6 cm³/mol. The van der Waals surface area contributed by atoms with Gasteiger partial charge in [-0.2, -0.15) is 0 Å². The molecule has 0 aliphatic rings. The van der Waals surface area contributed by atoms with Gasteiger partial charge in [-0.3, -0.25) is 0 Å². The van der Waals surface area contributed by atoms with Gasteiger partial charge in [-0.25, -0.2) is 0 Å². The summed E-state index contributed by atoms with van der Waals surface area (Å²) in [4.78, 5) is 0. The Morgan fingerprint density at radius 3 is 1.70 bits per heavy atom. The van der Waals surface area contributed by atoms with Crippen molar-refractivity contribution in [2.24, 2.45) is 0 Å². The van der Waals surface area contributed by atoms with Gasteiger partial charge in [-0.15, -0.1) is 0 Å². The molecule has 0 amide bonds. The summed E-state index contributed by atoms with van der Waals surface area (Å²) in [5.41, 5.74) is 8.21. The van der Waals surface area contributed by atoms with Crippen LogP contribution in [0.15, 0.2) is 24.3 Å². The van der Waals surface area contributed by atoms with Crippen LogP contribution in [-0.4, -0.2) is 0 Å². The molecule has 2 aromatic carbocycles. The first-order valence-corrected chi connectivity index (χ1v) is 7.94. The summed E-state index contributed by atoms with van der Waals surface area (Å²) in [6.45, 7) is 11.6. The van der Waals surface area contributed by atoms with Crippen LogP contribution >= 0.6 is 22.6 Å². The van der Waals surface area contributed by atoms with Crippen LogP contribution in [0.25, 0.3) is 0 Å². The monoisotopic (exact) mass is 380 g/mol. The molecular formula is C18H21IO. The Labute approximate surface area is 135 Å². The molecule has 0 aliphatic heterocycles. The third-order valence-electron chi connectivity index (χ3n) is 4.35. The number of hydrogen-bond acceptors (Lipinski definition) is 1. The van der Waals surface area contributed by atoms with Gasteiger partial charge in [0.05, 0.1) is 0 Å². The molecule has 0 spiro atoms. The highest BCUT2D eigenvalue weighted by Crippen LogP contribution is 2.27. The van der Waals surface area contributed by atoms with Gasteiger partial charge in [0.1, 0.15) is 12.4 Å². The van der Waals surface area contributed by atoms with E-state index < -0.39 is 0 Å². The Balaban J connectivity index is 2.28. The summed E-state index contributed by atoms with van der Waals surface area (Å²) >= 11 is 2.30. The van der Waals surface area contributed by atoms with Crippen LogP contribution in [0.1, 0.15) is 33.4 Å². The average Bonchev–Trinajstić information content (AvgIpc) is 2.45. The minimum atomic E-state index is 0.639. The highest BCUT2D eigenvalue weighted by molar-refractivity contribution is 14.1. The fraction of sp³-hybridized carbons (Fsp3) is 0.333. The number of benzene rings is 2. The van der Waals surface area contributed by atoms with E-state index >= 15 is 0 Å². The molecule has 0 fully saturated rings. The molecule has 0 atom stereocenters. The van der Waals surface area contributed by atoms with Gasteiger partial charge >= 0.3 is 0 Å². The molecule has 0 aromatic heterocycles. The molecule has 2 heteroatoms. The van der Waals surface area contributed by atoms with E-state index in [9.17, 15) is 0 Å². The topological polar surface area (TPSA) is 9.23 Å². The van der Waals surface area contributed by atoms with E-state index in [0.717, 1.165) is 5.75 Å². The van der Waals surface area contributed by atoms with Crippen molar-refractivity contribution in [2.45, 2.75) is 41.2 Å². The van der Waals surface area contributed by atoms with Gasteiger partial charge in [0.25, 0.3) is 0 Å². The van der Waals surface area contributed by atoms with Crippen molar-refractivity contribution < 1.29 is 4.74 Å².